The predicted octanol–water partition coefficient (Wildman–Crippen LogP) is 0.246. The standard InChI is InChI=1S/C8H15NO3S/c1-6-8(4-5-12-6)9-13(10,11)7-2-3-7/h6-9H,2-5H2,1H3/t6-,8-/m1/s1. The zero-order chi connectivity index (χ0) is 9.47. The average molecular weight is 205 g/mol. The van der Waals surface area contributed by atoms with Crippen LogP contribution in [-0.2, 0) is 14.8 Å². The summed E-state index contributed by atoms with van der Waals surface area (Å²) in [6, 6.07) is -0.00870. The summed E-state index contributed by atoms with van der Waals surface area (Å²) in [6.07, 6.45) is 2.45. The number of nitrogens with one attached hydrogen (secondary N) is 1. The highest BCUT2D eigenvalue weighted by atomic mass is 32.2. The maximum atomic E-state index is 11.5. The van der Waals surface area contributed by atoms with Crippen molar-refractivity contribution in [2.24, 2.45) is 0 Å². The maximum absolute atomic E-state index is 11.5. The van der Waals surface area contributed by atoms with Crippen LogP contribution in [0.15, 0.2) is 0 Å². The van der Waals surface area contributed by atoms with Crippen LogP contribution in [0.2, 0.25) is 0 Å². The van der Waals surface area contributed by atoms with Crippen LogP contribution >= 0.6 is 0 Å². The van der Waals surface area contributed by atoms with Crippen LogP contribution in [-0.4, -0.2) is 32.4 Å². The Morgan fingerprint density at radius 1 is 1.31 bits per heavy atom. The number of hydrogen-bond donors (Lipinski definition) is 1. The number of sulfonamides is 1. The van der Waals surface area contributed by atoms with Crippen LogP contribution in [0.1, 0.15) is 26.2 Å². The van der Waals surface area contributed by atoms with Crippen LogP contribution < -0.4 is 4.72 Å². The van der Waals surface area contributed by atoms with Gasteiger partial charge in [0.15, 0.2) is 0 Å². The molecule has 1 saturated carbocycles. The van der Waals surface area contributed by atoms with E-state index in [-0.39, 0.29) is 17.4 Å². The summed E-state index contributed by atoms with van der Waals surface area (Å²) < 4.78 is 31.1. The molecule has 2 rings (SSSR count). The van der Waals surface area contributed by atoms with Gasteiger partial charge in [0.1, 0.15) is 0 Å². The first-order chi connectivity index (χ1) is 6.09. The second-order valence-corrected chi connectivity index (χ2v) is 5.83. The molecule has 0 bridgehead atoms. The molecule has 2 atom stereocenters. The van der Waals surface area contributed by atoms with Crippen LogP contribution in [0.5, 0.6) is 0 Å². The largest absolute Gasteiger partial charge is 0.377 e. The highest BCUT2D eigenvalue weighted by Gasteiger charge is 2.38. The third kappa shape index (κ3) is 2.03. The van der Waals surface area contributed by atoms with Gasteiger partial charge < -0.3 is 4.74 Å². The Bertz CT molecular complexity index is 284. The molecule has 4 nitrogen and oxygen atoms in total. The molecule has 0 aromatic rings. The second-order valence-electron chi connectivity index (χ2n) is 3.83. The molecule has 0 aromatic carbocycles. The lowest BCUT2D eigenvalue weighted by atomic mass is 10.2. The van der Waals surface area contributed by atoms with Crippen molar-refractivity contribution < 1.29 is 13.2 Å². The number of hydrogen-bond acceptors (Lipinski definition) is 3. The van der Waals surface area contributed by atoms with Crippen molar-refractivity contribution in [3.8, 4) is 0 Å². The number of rotatable bonds is 3. The molecular weight excluding hydrogens is 190 g/mol. The van der Waals surface area contributed by atoms with Gasteiger partial charge in [-0.15, -0.1) is 0 Å². The minimum Gasteiger partial charge on any atom is -0.377 e. The van der Waals surface area contributed by atoms with Crippen molar-refractivity contribution in [2.75, 3.05) is 6.61 Å². The summed E-state index contributed by atoms with van der Waals surface area (Å²) in [7, 11) is -3.03. The highest BCUT2D eigenvalue weighted by molar-refractivity contribution is 7.90. The molecule has 1 aliphatic heterocycles. The van der Waals surface area contributed by atoms with Gasteiger partial charge in [-0.25, -0.2) is 13.1 Å². The lowest BCUT2D eigenvalue weighted by molar-refractivity contribution is 0.117. The van der Waals surface area contributed by atoms with E-state index in [0.29, 0.717) is 6.61 Å². The first-order valence-electron chi connectivity index (χ1n) is 4.72. The van der Waals surface area contributed by atoms with Crippen LogP contribution in [0, 0.1) is 0 Å². The molecule has 0 aromatic heterocycles. The van der Waals surface area contributed by atoms with E-state index in [4.69, 9.17) is 4.74 Å². The van der Waals surface area contributed by atoms with E-state index in [1.807, 2.05) is 6.92 Å². The summed E-state index contributed by atoms with van der Waals surface area (Å²) in [5.74, 6) is 0. The van der Waals surface area contributed by atoms with Crippen molar-refractivity contribution in [1.29, 1.82) is 0 Å². The molecule has 1 heterocycles. The van der Waals surface area contributed by atoms with Crippen molar-refractivity contribution >= 4 is 10.0 Å². The molecule has 1 aliphatic carbocycles. The lowest BCUT2D eigenvalue weighted by Gasteiger charge is -2.15. The molecule has 76 valence electrons. The van der Waals surface area contributed by atoms with Gasteiger partial charge in [-0.3, -0.25) is 0 Å². The van der Waals surface area contributed by atoms with Gasteiger partial charge in [0.2, 0.25) is 10.0 Å². The topological polar surface area (TPSA) is 55.4 Å². The van der Waals surface area contributed by atoms with Crippen molar-refractivity contribution in [3.05, 3.63) is 0 Å². The molecular formula is C8H15NO3S. The minimum absolute atomic E-state index is 0.00870. The molecule has 2 aliphatic rings. The Labute approximate surface area is 78.7 Å². The summed E-state index contributed by atoms with van der Waals surface area (Å²) in [5.41, 5.74) is 0. The van der Waals surface area contributed by atoms with Crippen LogP contribution in [0.3, 0.4) is 0 Å². The van der Waals surface area contributed by atoms with E-state index in [1.54, 1.807) is 0 Å². The summed E-state index contributed by atoms with van der Waals surface area (Å²) in [5, 5.41) is -0.125. The maximum Gasteiger partial charge on any atom is 0.214 e. The Kier molecular flexibility index (Phi) is 2.33. The molecule has 0 radical (unpaired) electrons. The molecule has 0 spiro atoms. The first-order valence-corrected chi connectivity index (χ1v) is 6.27. The second kappa shape index (κ2) is 3.22. The minimum atomic E-state index is -3.03. The molecule has 5 heteroatoms. The fourth-order valence-corrected chi connectivity index (χ4v) is 3.25. The Balaban J connectivity index is 1.96. The third-order valence-corrected chi connectivity index (χ3v) is 4.64. The Morgan fingerprint density at radius 2 is 2.00 bits per heavy atom. The quantitative estimate of drug-likeness (QED) is 0.718. The van der Waals surface area contributed by atoms with Gasteiger partial charge >= 0.3 is 0 Å². The summed E-state index contributed by atoms with van der Waals surface area (Å²) in [4.78, 5) is 0. The van der Waals surface area contributed by atoms with Crippen LogP contribution in [0.25, 0.3) is 0 Å². The SMILES string of the molecule is C[C@H]1OCC[C@H]1NS(=O)(=O)C1CC1. The smallest absolute Gasteiger partial charge is 0.214 e. The van der Waals surface area contributed by atoms with Crippen molar-refractivity contribution in [3.63, 3.8) is 0 Å². The van der Waals surface area contributed by atoms with E-state index in [9.17, 15) is 8.42 Å². The molecule has 0 unspecified atom stereocenters. The zero-order valence-electron chi connectivity index (χ0n) is 7.69. The van der Waals surface area contributed by atoms with E-state index in [2.05, 4.69) is 4.72 Å². The Hall–Kier alpha value is -0.130. The first kappa shape index (κ1) is 9.43. The van der Waals surface area contributed by atoms with Gasteiger partial charge in [-0.05, 0) is 26.2 Å². The summed E-state index contributed by atoms with van der Waals surface area (Å²) in [6.45, 7) is 2.58. The molecule has 0 amide bonds. The molecule has 2 fully saturated rings. The molecule has 1 saturated heterocycles. The van der Waals surface area contributed by atoms with E-state index in [1.165, 1.54) is 0 Å². The average Bonchev–Trinajstić information content (AvgIpc) is 2.80. The van der Waals surface area contributed by atoms with Crippen molar-refractivity contribution in [2.45, 2.75) is 43.6 Å². The van der Waals surface area contributed by atoms with E-state index < -0.39 is 10.0 Å². The Morgan fingerprint density at radius 3 is 2.46 bits per heavy atom. The van der Waals surface area contributed by atoms with E-state index >= 15 is 0 Å². The monoisotopic (exact) mass is 205 g/mol. The third-order valence-electron chi connectivity index (χ3n) is 2.66. The van der Waals surface area contributed by atoms with Crippen molar-refractivity contribution in [1.82, 2.24) is 4.72 Å². The van der Waals surface area contributed by atoms with E-state index in [0.717, 1.165) is 19.3 Å². The van der Waals surface area contributed by atoms with Gasteiger partial charge in [-0.2, -0.15) is 0 Å². The van der Waals surface area contributed by atoms with Gasteiger partial charge in [0.05, 0.1) is 11.4 Å². The summed E-state index contributed by atoms with van der Waals surface area (Å²) >= 11 is 0. The van der Waals surface area contributed by atoms with Gasteiger partial charge in [0, 0.05) is 12.6 Å². The fraction of sp³-hybridized carbons (Fsp3) is 1.00. The predicted molar refractivity (Wildman–Crippen MR) is 48.9 cm³/mol. The normalized spacial score (nSPS) is 35.2. The fourth-order valence-electron chi connectivity index (χ4n) is 1.57. The molecule has 13 heavy (non-hydrogen) atoms. The van der Waals surface area contributed by atoms with Gasteiger partial charge in [-0.1, -0.05) is 0 Å². The number of ether oxygens (including phenoxy) is 1. The zero-order valence-corrected chi connectivity index (χ0v) is 8.51. The highest BCUT2D eigenvalue weighted by Crippen LogP contribution is 2.28. The van der Waals surface area contributed by atoms with Gasteiger partial charge in [0.25, 0.3) is 0 Å². The molecule has 1 N–H and O–H groups in total. The van der Waals surface area contributed by atoms with Crippen LogP contribution in [0.4, 0.5) is 0 Å². The lowest BCUT2D eigenvalue weighted by Crippen LogP contribution is -2.40.